The number of halogens is 1. The van der Waals surface area contributed by atoms with Gasteiger partial charge in [0.2, 0.25) is 5.91 Å². The van der Waals surface area contributed by atoms with E-state index in [1.54, 1.807) is 12.1 Å². The number of rotatable bonds is 7. The molecule has 1 fully saturated rings. The number of piperidine rings is 1. The SMILES string of the molecule is CC(=O)Nc1cccc(C2CCN(Cc3ccc(Cc4nc5ccccc5n4-c4ccc(F)cc4)cc3C#N)CC2)c1. The summed E-state index contributed by atoms with van der Waals surface area (Å²) in [5.74, 6) is 0.949. The van der Waals surface area contributed by atoms with Gasteiger partial charge in [0.05, 0.1) is 22.7 Å². The van der Waals surface area contributed by atoms with Crippen LogP contribution >= 0.6 is 0 Å². The number of nitrogens with one attached hydrogen (secondary N) is 1. The average Bonchev–Trinajstić information content (AvgIpc) is 3.36. The summed E-state index contributed by atoms with van der Waals surface area (Å²) < 4.78 is 15.7. The number of amides is 1. The summed E-state index contributed by atoms with van der Waals surface area (Å²) in [5.41, 5.74) is 7.50. The Labute approximate surface area is 245 Å². The molecule has 0 saturated carbocycles. The Bertz CT molecular complexity index is 1780. The standard InChI is InChI=1S/C35H32FN5O/c1-24(42)38-31-6-4-5-27(21-31)26-15-17-40(18-16-26)23-28-10-9-25(19-29(28)22-37)20-35-39-33-7-2-3-8-34(33)41(35)32-13-11-30(36)12-14-32/h2-14,19,21,26H,15-18,20,23H2,1H3,(H,38,42). The Morgan fingerprint density at radius 3 is 2.55 bits per heavy atom. The second-order valence-electron chi connectivity index (χ2n) is 11.0. The molecule has 0 atom stereocenters. The lowest BCUT2D eigenvalue weighted by Gasteiger charge is -2.32. The molecular weight excluding hydrogens is 525 g/mol. The van der Waals surface area contributed by atoms with Crippen LogP contribution in [0.5, 0.6) is 0 Å². The summed E-state index contributed by atoms with van der Waals surface area (Å²) in [6.07, 6.45) is 2.61. The first-order valence-electron chi connectivity index (χ1n) is 14.3. The molecule has 1 aliphatic rings. The van der Waals surface area contributed by atoms with E-state index in [0.717, 1.165) is 71.8 Å². The van der Waals surface area contributed by atoms with Crippen LogP contribution in [-0.2, 0) is 17.8 Å². The molecule has 1 N–H and O–H groups in total. The number of nitriles is 1. The molecule has 1 aromatic heterocycles. The first-order chi connectivity index (χ1) is 20.5. The first kappa shape index (κ1) is 27.4. The number of aromatic nitrogens is 2. The molecule has 6 nitrogen and oxygen atoms in total. The van der Waals surface area contributed by atoms with Gasteiger partial charge in [0.25, 0.3) is 0 Å². The number of fused-ring (bicyclic) bond motifs is 1. The van der Waals surface area contributed by atoms with Crippen molar-refractivity contribution in [3.8, 4) is 11.8 Å². The van der Waals surface area contributed by atoms with Crippen molar-refractivity contribution in [2.24, 2.45) is 0 Å². The van der Waals surface area contributed by atoms with E-state index < -0.39 is 0 Å². The lowest BCUT2D eigenvalue weighted by Crippen LogP contribution is -2.32. The van der Waals surface area contributed by atoms with Gasteiger partial charge in [-0.15, -0.1) is 0 Å². The Balaban J connectivity index is 1.16. The monoisotopic (exact) mass is 557 g/mol. The smallest absolute Gasteiger partial charge is 0.221 e. The average molecular weight is 558 g/mol. The van der Waals surface area contributed by atoms with Crippen LogP contribution in [0.2, 0.25) is 0 Å². The van der Waals surface area contributed by atoms with Crippen molar-refractivity contribution >= 4 is 22.6 Å². The van der Waals surface area contributed by atoms with Crippen LogP contribution in [0.4, 0.5) is 10.1 Å². The van der Waals surface area contributed by atoms with Crippen LogP contribution < -0.4 is 5.32 Å². The fourth-order valence-electron chi connectivity index (χ4n) is 5.97. The van der Waals surface area contributed by atoms with E-state index in [2.05, 4.69) is 45.1 Å². The largest absolute Gasteiger partial charge is 0.326 e. The van der Waals surface area contributed by atoms with Crippen LogP contribution in [0.1, 0.15) is 53.8 Å². The first-order valence-corrected chi connectivity index (χ1v) is 14.3. The maximum atomic E-state index is 13.7. The molecule has 0 unspecified atom stereocenters. The van der Waals surface area contributed by atoms with E-state index in [0.29, 0.717) is 17.9 Å². The Hall–Kier alpha value is -4.80. The number of hydrogen-bond donors (Lipinski definition) is 1. The minimum absolute atomic E-state index is 0.0622. The van der Waals surface area contributed by atoms with Crippen LogP contribution in [0.3, 0.4) is 0 Å². The van der Waals surface area contributed by atoms with Gasteiger partial charge >= 0.3 is 0 Å². The van der Waals surface area contributed by atoms with Crippen molar-refractivity contribution in [1.29, 1.82) is 5.26 Å². The van der Waals surface area contributed by atoms with Crippen molar-refractivity contribution in [2.75, 3.05) is 18.4 Å². The van der Waals surface area contributed by atoms with Gasteiger partial charge in [0, 0.05) is 31.3 Å². The van der Waals surface area contributed by atoms with Crippen LogP contribution in [0, 0.1) is 17.1 Å². The molecule has 0 radical (unpaired) electrons. The highest BCUT2D eigenvalue weighted by Gasteiger charge is 2.22. The number of anilines is 1. The molecule has 7 heteroatoms. The maximum absolute atomic E-state index is 13.7. The van der Waals surface area contributed by atoms with E-state index in [-0.39, 0.29) is 11.7 Å². The third-order valence-corrected chi connectivity index (χ3v) is 8.03. The van der Waals surface area contributed by atoms with Gasteiger partial charge in [-0.2, -0.15) is 5.26 Å². The van der Waals surface area contributed by atoms with Gasteiger partial charge < -0.3 is 5.32 Å². The van der Waals surface area contributed by atoms with Gasteiger partial charge in [-0.25, -0.2) is 9.37 Å². The van der Waals surface area contributed by atoms with Gasteiger partial charge in [-0.1, -0.05) is 36.4 Å². The van der Waals surface area contributed by atoms with Crippen molar-refractivity contribution in [1.82, 2.24) is 14.5 Å². The molecule has 0 aliphatic carbocycles. The Morgan fingerprint density at radius 1 is 1.00 bits per heavy atom. The fraction of sp³-hybridized carbons (Fsp3) is 0.229. The fourth-order valence-corrected chi connectivity index (χ4v) is 5.97. The Morgan fingerprint density at radius 2 is 1.79 bits per heavy atom. The number of carbonyl (C=O) groups is 1. The summed E-state index contributed by atoms with van der Waals surface area (Å²) in [6, 6.07) is 31.1. The van der Waals surface area contributed by atoms with Crippen molar-refractivity contribution < 1.29 is 9.18 Å². The quantitative estimate of drug-likeness (QED) is 0.235. The predicted molar refractivity (Wildman–Crippen MR) is 163 cm³/mol. The Kier molecular flexibility index (Phi) is 7.81. The minimum atomic E-state index is -0.278. The van der Waals surface area contributed by atoms with Crippen molar-refractivity contribution in [2.45, 2.75) is 38.6 Å². The minimum Gasteiger partial charge on any atom is -0.326 e. The molecule has 2 heterocycles. The number of carbonyl (C=O) groups excluding carboxylic acids is 1. The third kappa shape index (κ3) is 5.95. The molecular formula is C35H32FN5O. The zero-order valence-corrected chi connectivity index (χ0v) is 23.6. The third-order valence-electron chi connectivity index (χ3n) is 8.03. The lowest BCUT2D eigenvalue weighted by molar-refractivity contribution is -0.114. The number of imidazole rings is 1. The number of hydrogen-bond acceptors (Lipinski definition) is 4. The summed E-state index contributed by atoms with van der Waals surface area (Å²) in [5, 5.41) is 12.9. The summed E-state index contributed by atoms with van der Waals surface area (Å²) >= 11 is 0. The molecule has 5 aromatic rings. The maximum Gasteiger partial charge on any atom is 0.221 e. The molecule has 1 aliphatic heterocycles. The molecule has 1 amide bonds. The number of para-hydroxylation sites is 2. The number of benzene rings is 4. The highest BCUT2D eigenvalue weighted by atomic mass is 19.1. The van der Waals surface area contributed by atoms with Crippen molar-refractivity contribution in [3.63, 3.8) is 0 Å². The summed E-state index contributed by atoms with van der Waals surface area (Å²) in [6.45, 7) is 4.15. The molecule has 0 spiro atoms. The molecule has 1 saturated heterocycles. The normalized spacial score (nSPS) is 14.1. The zero-order chi connectivity index (χ0) is 29.1. The predicted octanol–water partition coefficient (Wildman–Crippen LogP) is 6.97. The van der Waals surface area contributed by atoms with Gasteiger partial charge in [-0.3, -0.25) is 14.3 Å². The molecule has 4 aromatic carbocycles. The molecule has 42 heavy (non-hydrogen) atoms. The van der Waals surface area contributed by atoms with E-state index in [9.17, 15) is 14.4 Å². The van der Waals surface area contributed by atoms with Gasteiger partial charge in [0.1, 0.15) is 11.6 Å². The summed E-state index contributed by atoms with van der Waals surface area (Å²) in [4.78, 5) is 18.7. The second-order valence-corrected chi connectivity index (χ2v) is 11.0. The second kappa shape index (κ2) is 12.0. The van der Waals surface area contributed by atoms with Crippen LogP contribution in [0.15, 0.2) is 91.0 Å². The van der Waals surface area contributed by atoms with Gasteiger partial charge in [-0.05, 0) is 103 Å². The van der Waals surface area contributed by atoms with E-state index >= 15 is 0 Å². The molecule has 0 bridgehead atoms. The van der Waals surface area contributed by atoms with E-state index in [1.165, 1.54) is 24.6 Å². The molecule has 210 valence electrons. The molecule has 6 rings (SSSR count). The number of likely N-dealkylation sites (tertiary alicyclic amines) is 1. The van der Waals surface area contributed by atoms with E-state index in [4.69, 9.17) is 4.98 Å². The van der Waals surface area contributed by atoms with Crippen LogP contribution in [-0.4, -0.2) is 33.4 Å². The summed E-state index contributed by atoms with van der Waals surface area (Å²) in [7, 11) is 0. The highest BCUT2D eigenvalue weighted by molar-refractivity contribution is 5.88. The van der Waals surface area contributed by atoms with E-state index in [1.807, 2.05) is 42.5 Å². The topological polar surface area (TPSA) is 74.0 Å². The van der Waals surface area contributed by atoms with Gasteiger partial charge in [0.15, 0.2) is 0 Å². The zero-order valence-electron chi connectivity index (χ0n) is 23.6. The number of nitrogens with zero attached hydrogens (tertiary/aromatic N) is 4. The van der Waals surface area contributed by atoms with Crippen molar-refractivity contribution in [3.05, 3.63) is 125 Å². The van der Waals surface area contributed by atoms with Crippen LogP contribution in [0.25, 0.3) is 16.7 Å². The lowest BCUT2D eigenvalue weighted by atomic mass is 9.89. The highest BCUT2D eigenvalue weighted by Crippen LogP contribution is 2.31.